The molecule has 6 heteroatoms. The first-order valence-electron chi connectivity index (χ1n) is 8.26. The molecule has 2 N–H and O–H groups in total. The lowest BCUT2D eigenvalue weighted by molar-refractivity contribution is -0.885. The number of ether oxygens (including phenoxy) is 2. The molecular formula is C19H22BrN2O3+. The molecule has 1 aliphatic heterocycles. The van der Waals surface area contributed by atoms with Crippen LogP contribution < -0.4 is 19.7 Å². The van der Waals surface area contributed by atoms with Crippen LogP contribution in [0.25, 0.3) is 0 Å². The number of rotatable bonds is 6. The van der Waals surface area contributed by atoms with Crippen LogP contribution in [0.15, 0.2) is 46.9 Å². The van der Waals surface area contributed by atoms with Crippen LogP contribution in [-0.2, 0) is 11.3 Å². The molecule has 1 unspecified atom stereocenters. The molecule has 1 amide bonds. The molecule has 3 rings (SSSR count). The number of carbonyl (C=O) groups is 1. The van der Waals surface area contributed by atoms with Crippen LogP contribution in [0.1, 0.15) is 24.1 Å². The fraction of sp³-hybridized carbons (Fsp3) is 0.316. The lowest BCUT2D eigenvalue weighted by Gasteiger charge is -2.18. The largest absolute Gasteiger partial charge is 0.454 e. The van der Waals surface area contributed by atoms with Crippen LogP contribution in [0.5, 0.6) is 11.5 Å². The Kier molecular flexibility index (Phi) is 5.60. The molecule has 1 aliphatic rings. The van der Waals surface area contributed by atoms with Gasteiger partial charge < -0.3 is 19.7 Å². The van der Waals surface area contributed by atoms with Gasteiger partial charge in [0.05, 0.1) is 13.1 Å². The third-order valence-electron chi connectivity index (χ3n) is 4.16. The number of nitrogens with one attached hydrogen (secondary N) is 2. The van der Waals surface area contributed by atoms with Crippen molar-refractivity contribution in [3.05, 3.63) is 58.1 Å². The van der Waals surface area contributed by atoms with E-state index in [1.807, 2.05) is 44.3 Å². The van der Waals surface area contributed by atoms with E-state index in [-0.39, 0.29) is 18.7 Å². The van der Waals surface area contributed by atoms with E-state index >= 15 is 0 Å². The zero-order valence-corrected chi connectivity index (χ0v) is 15.9. The maximum absolute atomic E-state index is 12.3. The zero-order chi connectivity index (χ0) is 17.8. The van der Waals surface area contributed by atoms with Crippen molar-refractivity contribution in [1.82, 2.24) is 5.32 Å². The average Bonchev–Trinajstić information content (AvgIpc) is 3.04. The maximum Gasteiger partial charge on any atom is 0.275 e. The Morgan fingerprint density at radius 1 is 1.20 bits per heavy atom. The standard InChI is InChI=1S/C19H21BrN2O3/c1-13(15-5-8-17-18(9-15)25-12-24-17)21-19(23)11-22(2)10-14-3-6-16(20)7-4-14/h3-9,13H,10-12H2,1-2H3,(H,21,23)/p+1/t13-/m1/s1. The lowest BCUT2D eigenvalue weighted by atomic mass is 10.1. The molecular weight excluding hydrogens is 384 g/mol. The first-order valence-corrected chi connectivity index (χ1v) is 9.05. The third kappa shape index (κ3) is 4.74. The van der Waals surface area contributed by atoms with E-state index in [9.17, 15) is 4.79 Å². The van der Waals surface area contributed by atoms with E-state index in [0.717, 1.165) is 33.0 Å². The second-order valence-electron chi connectivity index (χ2n) is 6.34. The Bertz CT molecular complexity index is 749. The van der Waals surface area contributed by atoms with Crippen LogP contribution >= 0.6 is 15.9 Å². The first-order chi connectivity index (χ1) is 12.0. The van der Waals surface area contributed by atoms with Gasteiger partial charge in [-0.2, -0.15) is 0 Å². The van der Waals surface area contributed by atoms with Crippen molar-refractivity contribution in [3.63, 3.8) is 0 Å². The van der Waals surface area contributed by atoms with Crippen LogP contribution in [0, 0.1) is 0 Å². The molecule has 2 aromatic carbocycles. The van der Waals surface area contributed by atoms with Crippen LogP contribution in [0.3, 0.4) is 0 Å². The van der Waals surface area contributed by atoms with Gasteiger partial charge in [-0.05, 0) is 36.8 Å². The summed E-state index contributed by atoms with van der Waals surface area (Å²) in [5.41, 5.74) is 2.21. The van der Waals surface area contributed by atoms with Crippen LogP contribution in [0.2, 0.25) is 0 Å². The number of quaternary nitrogens is 1. The van der Waals surface area contributed by atoms with Crippen molar-refractivity contribution < 1.29 is 19.2 Å². The van der Waals surface area contributed by atoms with E-state index in [2.05, 4.69) is 33.4 Å². The molecule has 132 valence electrons. The molecule has 5 nitrogen and oxygen atoms in total. The molecule has 0 aliphatic carbocycles. The van der Waals surface area contributed by atoms with Gasteiger partial charge in [-0.25, -0.2) is 0 Å². The van der Waals surface area contributed by atoms with E-state index in [4.69, 9.17) is 9.47 Å². The van der Waals surface area contributed by atoms with Gasteiger partial charge in [0.2, 0.25) is 6.79 Å². The number of carbonyl (C=O) groups excluding carboxylic acids is 1. The van der Waals surface area contributed by atoms with Gasteiger partial charge in [-0.3, -0.25) is 4.79 Å². The second-order valence-corrected chi connectivity index (χ2v) is 7.25. The molecule has 0 fully saturated rings. The summed E-state index contributed by atoms with van der Waals surface area (Å²) >= 11 is 3.43. The van der Waals surface area contributed by atoms with Gasteiger partial charge in [0.15, 0.2) is 18.0 Å². The van der Waals surface area contributed by atoms with Crippen LogP contribution in [-0.4, -0.2) is 26.3 Å². The van der Waals surface area contributed by atoms with E-state index in [1.165, 1.54) is 5.56 Å². The summed E-state index contributed by atoms with van der Waals surface area (Å²) in [7, 11) is 2.02. The molecule has 2 atom stereocenters. The predicted octanol–water partition coefficient (Wildman–Crippen LogP) is 2.07. The summed E-state index contributed by atoms with van der Waals surface area (Å²) in [5.74, 6) is 1.51. The van der Waals surface area contributed by atoms with Gasteiger partial charge in [0.25, 0.3) is 5.91 Å². The SMILES string of the molecule is C[C@@H](NC(=O)C[NH+](C)Cc1ccc(Br)cc1)c1ccc2c(c1)OCO2. The first kappa shape index (κ1) is 17.8. The van der Waals surface area contributed by atoms with Gasteiger partial charge in [0, 0.05) is 10.0 Å². The monoisotopic (exact) mass is 405 g/mol. The summed E-state index contributed by atoms with van der Waals surface area (Å²) in [6.45, 7) is 3.45. The summed E-state index contributed by atoms with van der Waals surface area (Å²) in [6.07, 6.45) is 0. The highest BCUT2D eigenvalue weighted by Crippen LogP contribution is 2.34. The maximum atomic E-state index is 12.3. The van der Waals surface area contributed by atoms with Crippen molar-refractivity contribution in [2.24, 2.45) is 0 Å². The molecule has 0 spiro atoms. The van der Waals surface area contributed by atoms with Crippen molar-refractivity contribution in [2.45, 2.75) is 19.5 Å². The number of hydrogen-bond acceptors (Lipinski definition) is 3. The zero-order valence-electron chi connectivity index (χ0n) is 14.3. The van der Waals surface area contributed by atoms with Gasteiger partial charge in [-0.15, -0.1) is 0 Å². The summed E-state index contributed by atoms with van der Waals surface area (Å²) in [6, 6.07) is 13.9. The van der Waals surface area contributed by atoms with Crippen molar-refractivity contribution in [3.8, 4) is 11.5 Å². The van der Waals surface area contributed by atoms with Crippen LogP contribution in [0.4, 0.5) is 0 Å². The Labute approximate surface area is 156 Å². The third-order valence-corrected chi connectivity index (χ3v) is 4.68. The number of benzene rings is 2. The van der Waals surface area contributed by atoms with E-state index in [0.29, 0.717) is 6.54 Å². The highest BCUT2D eigenvalue weighted by molar-refractivity contribution is 9.10. The Morgan fingerprint density at radius 2 is 1.92 bits per heavy atom. The van der Waals surface area contributed by atoms with Crippen molar-refractivity contribution in [2.75, 3.05) is 20.4 Å². The average molecular weight is 406 g/mol. The number of amides is 1. The minimum Gasteiger partial charge on any atom is -0.454 e. The van der Waals surface area contributed by atoms with E-state index < -0.39 is 0 Å². The quantitative estimate of drug-likeness (QED) is 0.773. The topological polar surface area (TPSA) is 52.0 Å². The van der Waals surface area contributed by atoms with Crippen molar-refractivity contribution >= 4 is 21.8 Å². The number of likely N-dealkylation sites (N-methyl/N-ethyl adjacent to an activating group) is 1. The normalized spacial score (nSPS) is 14.8. The molecule has 0 saturated carbocycles. The highest BCUT2D eigenvalue weighted by atomic mass is 79.9. The summed E-state index contributed by atoms with van der Waals surface area (Å²) < 4.78 is 11.8. The Hall–Kier alpha value is -2.05. The molecule has 0 radical (unpaired) electrons. The summed E-state index contributed by atoms with van der Waals surface area (Å²) in [5, 5.41) is 3.05. The molecule has 0 aromatic heterocycles. The number of fused-ring (bicyclic) bond motifs is 1. The molecule has 0 saturated heterocycles. The number of halogens is 1. The predicted molar refractivity (Wildman–Crippen MR) is 98.7 cm³/mol. The minimum absolute atomic E-state index is 0.0276. The molecule has 0 bridgehead atoms. The molecule has 1 heterocycles. The lowest BCUT2D eigenvalue weighted by Crippen LogP contribution is -3.08. The van der Waals surface area contributed by atoms with E-state index in [1.54, 1.807) is 0 Å². The smallest absolute Gasteiger partial charge is 0.275 e. The Morgan fingerprint density at radius 3 is 2.68 bits per heavy atom. The molecule has 25 heavy (non-hydrogen) atoms. The van der Waals surface area contributed by atoms with Gasteiger partial charge >= 0.3 is 0 Å². The van der Waals surface area contributed by atoms with Crippen molar-refractivity contribution in [1.29, 1.82) is 0 Å². The minimum atomic E-state index is -0.0810. The molecule has 2 aromatic rings. The fourth-order valence-corrected chi connectivity index (χ4v) is 3.11. The van der Waals surface area contributed by atoms with Gasteiger partial charge in [-0.1, -0.05) is 34.1 Å². The van der Waals surface area contributed by atoms with Gasteiger partial charge in [0.1, 0.15) is 6.54 Å². The summed E-state index contributed by atoms with van der Waals surface area (Å²) in [4.78, 5) is 13.5. The Balaban J connectivity index is 1.52. The fourth-order valence-electron chi connectivity index (χ4n) is 2.85. The number of hydrogen-bond donors (Lipinski definition) is 2. The second kappa shape index (κ2) is 7.89. The highest BCUT2D eigenvalue weighted by Gasteiger charge is 2.18.